The van der Waals surface area contributed by atoms with Crippen LogP contribution in [0.1, 0.15) is 24.0 Å². The van der Waals surface area contributed by atoms with Gasteiger partial charge in [-0.1, -0.05) is 42.5 Å². The van der Waals surface area contributed by atoms with Crippen LogP contribution in [0.2, 0.25) is 0 Å². The van der Waals surface area contributed by atoms with Crippen molar-refractivity contribution < 1.29 is 14.7 Å². The summed E-state index contributed by atoms with van der Waals surface area (Å²) in [5.74, 6) is -1.15. The normalized spacial score (nSPS) is 15.9. The number of Topliss-reactive ketones (excluding diaryl/α,β-unsaturated/α-hetero) is 1. The highest BCUT2D eigenvalue weighted by molar-refractivity contribution is 5.98. The summed E-state index contributed by atoms with van der Waals surface area (Å²) in [6, 6.07) is 13.9. The highest BCUT2D eigenvalue weighted by Gasteiger charge is 2.28. The molecule has 1 aliphatic rings. The van der Waals surface area contributed by atoms with Gasteiger partial charge in [0.2, 0.25) is 0 Å². The first kappa shape index (κ1) is 26.2. The molecule has 5 N–H and O–H groups in total. The van der Waals surface area contributed by atoms with Gasteiger partial charge in [0, 0.05) is 30.4 Å². The molecule has 6 nitrogen and oxygen atoms in total. The molecule has 8 heteroatoms. The predicted octanol–water partition coefficient (Wildman–Crippen LogP) is 3.79. The van der Waals surface area contributed by atoms with Crippen molar-refractivity contribution in [2.45, 2.75) is 24.9 Å². The van der Waals surface area contributed by atoms with Gasteiger partial charge < -0.3 is 21.5 Å². The number of carboxylic acids is 1. The van der Waals surface area contributed by atoms with E-state index >= 15 is 0 Å². The largest absolute Gasteiger partial charge is 0.480 e. The van der Waals surface area contributed by atoms with Crippen LogP contribution >= 0.6 is 24.8 Å². The van der Waals surface area contributed by atoms with E-state index in [2.05, 4.69) is 0 Å². The van der Waals surface area contributed by atoms with Gasteiger partial charge in [-0.2, -0.15) is 0 Å². The summed E-state index contributed by atoms with van der Waals surface area (Å²) in [7, 11) is 1.87. The van der Waals surface area contributed by atoms with Crippen molar-refractivity contribution in [3.05, 3.63) is 71.8 Å². The van der Waals surface area contributed by atoms with E-state index < -0.39 is 18.1 Å². The molecule has 0 amide bonds. The Balaban J connectivity index is 0.00000240. The second-order valence-electron chi connectivity index (χ2n) is 7.14. The van der Waals surface area contributed by atoms with Crippen molar-refractivity contribution >= 4 is 59.6 Å². The van der Waals surface area contributed by atoms with Crippen LogP contribution in [-0.4, -0.2) is 36.0 Å². The number of ketones is 1. The van der Waals surface area contributed by atoms with Crippen molar-refractivity contribution in [1.29, 1.82) is 0 Å². The molecule has 1 heterocycles. The molecule has 166 valence electrons. The minimum absolute atomic E-state index is 0. The zero-order valence-corrected chi connectivity index (χ0v) is 18.7. The smallest absolute Gasteiger partial charge is 0.320 e. The van der Waals surface area contributed by atoms with Crippen LogP contribution in [0.5, 0.6) is 0 Å². The number of para-hydroxylation sites is 1. The quantitative estimate of drug-likeness (QED) is 0.538. The number of carbonyl (C=O) groups excluding carboxylic acids is 1. The van der Waals surface area contributed by atoms with Crippen molar-refractivity contribution in [2.24, 2.45) is 5.73 Å². The number of fused-ring (bicyclic) bond motifs is 1. The number of hydrogen-bond acceptors (Lipinski definition) is 5. The molecule has 31 heavy (non-hydrogen) atoms. The fourth-order valence-electron chi connectivity index (χ4n) is 3.36. The highest BCUT2D eigenvalue weighted by atomic mass is 35.5. The maximum atomic E-state index is 12.8. The second kappa shape index (κ2) is 11.6. The number of halogens is 2. The van der Waals surface area contributed by atoms with E-state index in [9.17, 15) is 9.59 Å². The third-order valence-electron chi connectivity index (χ3n) is 5.09. The lowest BCUT2D eigenvalue weighted by Gasteiger charge is -2.33. The Morgan fingerprint density at radius 1 is 1.10 bits per heavy atom. The Hall–Kier alpha value is -2.80. The van der Waals surface area contributed by atoms with Gasteiger partial charge in [0.15, 0.2) is 5.78 Å². The molecular weight excluding hydrogens is 437 g/mol. The number of benzene rings is 2. The lowest BCUT2D eigenvalue weighted by atomic mass is 9.91. The third kappa shape index (κ3) is 6.34. The molecule has 0 radical (unpaired) electrons. The van der Waals surface area contributed by atoms with Crippen molar-refractivity contribution in [3.8, 4) is 0 Å². The van der Waals surface area contributed by atoms with Gasteiger partial charge in [0.1, 0.15) is 12.1 Å². The lowest BCUT2D eigenvalue weighted by molar-refractivity contribution is -0.138. The van der Waals surface area contributed by atoms with Gasteiger partial charge in [-0.25, -0.2) is 0 Å². The molecule has 2 atom stereocenters. The molecule has 0 fully saturated rings. The summed E-state index contributed by atoms with van der Waals surface area (Å²) in [5.41, 5.74) is 15.9. The van der Waals surface area contributed by atoms with Crippen LogP contribution < -0.4 is 16.4 Å². The minimum atomic E-state index is -1.09. The Kier molecular flexibility index (Phi) is 9.78. The van der Waals surface area contributed by atoms with E-state index in [1.54, 1.807) is 0 Å². The van der Waals surface area contributed by atoms with Crippen molar-refractivity contribution in [3.63, 3.8) is 0 Å². The van der Waals surface area contributed by atoms with Gasteiger partial charge in [-0.3, -0.25) is 9.59 Å². The van der Waals surface area contributed by atoms with Crippen LogP contribution in [0.3, 0.4) is 0 Å². The average molecular weight is 464 g/mol. The molecular formula is C23H27Cl2N3O3. The van der Waals surface area contributed by atoms with E-state index in [0.717, 1.165) is 22.4 Å². The molecule has 0 bridgehead atoms. The van der Waals surface area contributed by atoms with E-state index in [1.165, 1.54) is 0 Å². The molecule has 3 rings (SSSR count). The van der Waals surface area contributed by atoms with Gasteiger partial charge in [-0.05, 0) is 41.8 Å². The Morgan fingerprint density at radius 3 is 2.39 bits per heavy atom. The van der Waals surface area contributed by atoms with Crippen molar-refractivity contribution in [1.82, 2.24) is 0 Å². The van der Waals surface area contributed by atoms with Gasteiger partial charge in [0.25, 0.3) is 0 Å². The maximum absolute atomic E-state index is 12.8. The second-order valence-corrected chi connectivity index (χ2v) is 7.14. The summed E-state index contributed by atoms with van der Waals surface area (Å²) in [5, 5.41) is 8.95. The Bertz CT molecular complexity index is 974. The SMILES string of the molecule is CN1c2ccccc2C(C=Cc2ccc(N)cc2)=CC1C(=O)CCC(N)C(=O)O.Cl.Cl. The first-order valence-corrected chi connectivity index (χ1v) is 9.45. The first-order valence-electron chi connectivity index (χ1n) is 9.45. The van der Waals surface area contributed by atoms with E-state index in [-0.39, 0.29) is 43.4 Å². The number of likely N-dealkylation sites (N-methyl/N-ethyl adjacent to an activating group) is 1. The first-order chi connectivity index (χ1) is 13.9. The number of anilines is 2. The monoisotopic (exact) mass is 463 g/mol. The van der Waals surface area contributed by atoms with Gasteiger partial charge >= 0.3 is 5.97 Å². The van der Waals surface area contributed by atoms with Gasteiger partial charge in [0.05, 0.1) is 0 Å². The predicted molar refractivity (Wildman–Crippen MR) is 131 cm³/mol. The van der Waals surface area contributed by atoms with E-state index in [0.29, 0.717) is 5.69 Å². The summed E-state index contributed by atoms with van der Waals surface area (Å²) < 4.78 is 0. The maximum Gasteiger partial charge on any atom is 0.320 e. The zero-order valence-electron chi connectivity index (χ0n) is 17.1. The zero-order chi connectivity index (χ0) is 21.0. The fourth-order valence-corrected chi connectivity index (χ4v) is 3.36. The van der Waals surface area contributed by atoms with E-state index in [4.69, 9.17) is 16.6 Å². The summed E-state index contributed by atoms with van der Waals surface area (Å²) in [4.78, 5) is 25.7. The van der Waals surface area contributed by atoms with E-state index in [1.807, 2.05) is 78.7 Å². The topological polar surface area (TPSA) is 110 Å². The highest BCUT2D eigenvalue weighted by Crippen LogP contribution is 2.35. The summed E-state index contributed by atoms with van der Waals surface area (Å²) in [6.07, 6.45) is 6.11. The molecule has 2 aromatic rings. The molecule has 2 aromatic carbocycles. The standard InChI is InChI=1S/C23H25N3O3.2ClH/c1-26-20-5-3-2-4-18(20)16(9-6-15-7-10-17(24)11-8-15)14-21(26)22(27)13-12-19(25)23(28)29;;/h2-11,14,19,21H,12-13,24-25H2,1H3,(H,28,29);2*1H. The number of nitrogens with two attached hydrogens (primary N) is 2. The van der Waals surface area contributed by atoms with Gasteiger partial charge in [-0.15, -0.1) is 24.8 Å². The molecule has 0 saturated carbocycles. The Labute approximate surface area is 194 Å². The van der Waals surface area contributed by atoms with Crippen LogP contribution in [0.25, 0.3) is 11.6 Å². The Morgan fingerprint density at radius 2 is 1.74 bits per heavy atom. The number of hydrogen-bond donors (Lipinski definition) is 3. The molecule has 0 saturated heterocycles. The summed E-state index contributed by atoms with van der Waals surface area (Å²) in [6.45, 7) is 0. The molecule has 0 spiro atoms. The average Bonchev–Trinajstić information content (AvgIpc) is 2.72. The number of carbonyl (C=O) groups is 2. The van der Waals surface area contributed by atoms with Crippen molar-refractivity contribution in [2.75, 3.05) is 17.7 Å². The molecule has 1 aliphatic heterocycles. The van der Waals surface area contributed by atoms with Crippen LogP contribution in [0.4, 0.5) is 11.4 Å². The number of nitrogens with zero attached hydrogens (tertiary/aromatic N) is 1. The number of aliphatic carboxylic acids is 1. The number of carboxylic acid groups (broad SMARTS) is 1. The number of allylic oxidation sites excluding steroid dienone is 2. The summed E-state index contributed by atoms with van der Waals surface area (Å²) >= 11 is 0. The third-order valence-corrected chi connectivity index (χ3v) is 5.09. The molecule has 0 aromatic heterocycles. The molecule has 2 unspecified atom stereocenters. The van der Waals surface area contributed by atoms with Crippen LogP contribution in [0, 0.1) is 0 Å². The number of nitrogen functional groups attached to an aromatic ring is 1. The minimum Gasteiger partial charge on any atom is -0.480 e. The lowest BCUT2D eigenvalue weighted by Crippen LogP contribution is -2.40. The number of rotatable bonds is 7. The fraction of sp³-hybridized carbons (Fsp3) is 0.217. The van der Waals surface area contributed by atoms with Crippen LogP contribution in [-0.2, 0) is 9.59 Å². The van der Waals surface area contributed by atoms with Crippen LogP contribution in [0.15, 0.2) is 60.7 Å². The molecule has 0 aliphatic carbocycles.